The Labute approximate surface area is 240 Å². The van der Waals surface area contributed by atoms with E-state index in [4.69, 9.17) is 9.47 Å². The van der Waals surface area contributed by atoms with Crippen molar-refractivity contribution in [2.45, 2.75) is 13.8 Å². The Bertz CT molecular complexity index is 1640. The molecule has 41 heavy (non-hydrogen) atoms. The molecule has 200 valence electrons. The summed E-state index contributed by atoms with van der Waals surface area (Å²) < 4.78 is 10.7. The van der Waals surface area contributed by atoms with Gasteiger partial charge in [-0.1, -0.05) is 36.4 Å². The lowest BCUT2D eigenvalue weighted by Gasteiger charge is -2.13. The van der Waals surface area contributed by atoms with Crippen LogP contribution in [0.4, 0.5) is 0 Å². The molecule has 4 heteroatoms. The molecule has 0 spiro atoms. The monoisotopic (exact) mass is 537 g/mol. The van der Waals surface area contributed by atoms with E-state index in [9.17, 15) is 9.59 Å². The van der Waals surface area contributed by atoms with Crippen molar-refractivity contribution < 1.29 is 19.1 Å². The van der Waals surface area contributed by atoms with Gasteiger partial charge in [0.05, 0.1) is 46.9 Å². The van der Waals surface area contributed by atoms with Crippen molar-refractivity contribution >= 4 is 11.9 Å². The summed E-state index contributed by atoms with van der Waals surface area (Å²) in [6, 6.07) is 38.9. The van der Waals surface area contributed by atoms with Crippen LogP contribution in [-0.2, 0) is 9.47 Å². The number of ether oxygens (including phenoxy) is 2. The van der Waals surface area contributed by atoms with Gasteiger partial charge in [-0.05, 0) is 92.7 Å². The number of carbonyl (C=O) groups is 2. The number of carbonyl (C=O) groups excluding carboxylic acids is 2. The van der Waals surface area contributed by atoms with Crippen LogP contribution in [-0.4, -0.2) is 25.2 Å². The van der Waals surface area contributed by atoms with Crippen molar-refractivity contribution in [2.75, 3.05) is 13.2 Å². The van der Waals surface area contributed by atoms with Crippen molar-refractivity contribution in [3.05, 3.63) is 149 Å². The van der Waals surface area contributed by atoms with Gasteiger partial charge in [-0.25, -0.2) is 9.59 Å². The molecule has 0 aromatic carbocycles. The smallest absolute Gasteiger partial charge is 0.338 e. The van der Waals surface area contributed by atoms with E-state index in [0.717, 1.165) is 44.9 Å². The first-order valence-electron chi connectivity index (χ1n) is 13.8. The molecular formula is C37H29O4+. The minimum Gasteiger partial charge on any atom is -0.462 e. The van der Waals surface area contributed by atoms with Crippen LogP contribution in [0.25, 0.3) is 33.4 Å². The van der Waals surface area contributed by atoms with Crippen LogP contribution in [0.5, 0.6) is 0 Å². The van der Waals surface area contributed by atoms with Gasteiger partial charge < -0.3 is 9.47 Å². The van der Waals surface area contributed by atoms with E-state index in [1.165, 1.54) is 0 Å². The van der Waals surface area contributed by atoms with Crippen molar-refractivity contribution in [3.8, 4) is 33.4 Å². The second kappa shape index (κ2) is 11.2. The highest BCUT2D eigenvalue weighted by Gasteiger charge is 2.32. The van der Waals surface area contributed by atoms with Gasteiger partial charge in [0.2, 0.25) is 0 Å². The molecule has 0 radical (unpaired) electrons. The van der Waals surface area contributed by atoms with Gasteiger partial charge in [-0.15, -0.1) is 0 Å². The highest BCUT2D eigenvalue weighted by atomic mass is 16.5. The molecule has 0 amide bonds. The normalized spacial score (nSPS) is 11.1. The highest BCUT2D eigenvalue weighted by Crippen LogP contribution is 2.44. The molecule has 0 bridgehead atoms. The fourth-order valence-electron chi connectivity index (χ4n) is 5.59. The first-order valence-corrected chi connectivity index (χ1v) is 13.8. The van der Waals surface area contributed by atoms with Crippen LogP contribution in [0, 0.1) is 5.92 Å². The first-order chi connectivity index (χ1) is 20.1. The average Bonchev–Trinajstić information content (AvgIpc) is 3.45. The maximum Gasteiger partial charge on any atom is 0.338 e. The number of fused-ring (bicyclic) bond motifs is 3. The Kier molecular flexibility index (Phi) is 7.13. The van der Waals surface area contributed by atoms with Crippen molar-refractivity contribution in [1.29, 1.82) is 0 Å². The molecule has 6 aliphatic carbocycles. The average molecular weight is 538 g/mol. The number of hydrogen-bond donors (Lipinski definition) is 0. The largest absolute Gasteiger partial charge is 0.462 e. The zero-order valence-corrected chi connectivity index (χ0v) is 23.0. The summed E-state index contributed by atoms with van der Waals surface area (Å²) in [6.45, 7) is 4.02. The molecule has 0 aliphatic heterocycles. The third-order valence-electron chi connectivity index (χ3n) is 7.42. The molecule has 0 fully saturated rings. The topological polar surface area (TPSA) is 52.6 Å². The summed E-state index contributed by atoms with van der Waals surface area (Å²) in [5.74, 6) is 0.142. The van der Waals surface area contributed by atoms with E-state index in [2.05, 4.69) is 60.7 Å². The molecule has 0 saturated heterocycles. The van der Waals surface area contributed by atoms with Crippen LogP contribution in [0.3, 0.4) is 0 Å². The summed E-state index contributed by atoms with van der Waals surface area (Å²) >= 11 is 0. The minimum atomic E-state index is -0.464. The molecule has 0 aromatic rings. The third kappa shape index (κ3) is 4.78. The Morgan fingerprint density at radius 2 is 1.00 bits per heavy atom. The van der Waals surface area contributed by atoms with Crippen molar-refractivity contribution in [3.63, 3.8) is 0 Å². The Balaban J connectivity index is 1.59. The highest BCUT2D eigenvalue weighted by molar-refractivity contribution is 6.08. The molecule has 0 saturated carbocycles. The van der Waals surface area contributed by atoms with Gasteiger partial charge in [0.25, 0.3) is 0 Å². The van der Waals surface area contributed by atoms with Crippen LogP contribution in [0.15, 0.2) is 115 Å². The van der Waals surface area contributed by atoms with E-state index < -0.39 is 11.9 Å². The number of rotatable bonds is 7. The zero-order valence-electron chi connectivity index (χ0n) is 23.0. The lowest BCUT2D eigenvalue weighted by atomic mass is 9.84. The van der Waals surface area contributed by atoms with Gasteiger partial charge in [0.1, 0.15) is 0 Å². The minimum absolute atomic E-state index is 0.241. The van der Waals surface area contributed by atoms with Crippen LogP contribution in [0.1, 0.15) is 51.3 Å². The summed E-state index contributed by atoms with van der Waals surface area (Å²) in [5.41, 5.74) is 9.77. The van der Waals surface area contributed by atoms with Gasteiger partial charge >= 0.3 is 11.9 Å². The molecule has 0 unspecified atom stereocenters. The van der Waals surface area contributed by atoms with Gasteiger partial charge in [0.15, 0.2) is 0 Å². The third-order valence-corrected chi connectivity index (χ3v) is 7.42. The maximum atomic E-state index is 12.9. The number of hydrogen-bond acceptors (Lipinski definition) is 4. The van der Waals surface area contributed by atoms with Crippen LogP contribution >= 0.6 is 0 Å². The van der Waals surface area contributed by atoms with Gasteiger partial charge in [-0.3, -0.25) is 0 Å². The van der Waals surface area contributed by atoms with Crippen LogP contribution < -0.4 is 0 Å². The van der Waals surface area contributed by atoms with Gasteiger partial charge in [0, 0.05) is 33.4 Å². The standard InChI is InChI=1S/C37H29O4/c1-3-40-36(38)33-23-34(37(39)41-4-2)30-20-18-26(17-19-29(30)33)35(31-21-15-24-11-7-5-9-13-27(24)31)32-22-16-25-12-8-6-10-14-28(25)32/h5-23H,3-4H2,1-2H3/q+1. The Morgan fingerprint density at radius 3 is 1.46 bits per heavy atom. The van der Waals surface area contributed by atoms with E-state index in [0.29, 0.717) is 22.3 Å². The molecule has 6 aliphatic rings. The van der Waals surface area contributed by atoms with E-state index in [1.54, 1.807) is 19.9 Å². The molecule has 0 aromatic heterocycles. The van der Waals surface area contributed by atoms with Gasteiger partial charge in [-0.2, -0.15) is 0 Å². The first kappa shape index (κ1) is 26.1. The molecule has 0 atom stereocenters. The predicted molar refractivity (Wildman–Crippen MR) is 162 cm³/mol. The quantitative estimate of drug-likeness (QED) is 0.152. The zero-order chi connectivity index (χ0) is 28.3. The SMILES string of the molecule is CCOC(=O)c1cc(C(=O)OCC)c2ccc([C+](c3ccc4cccccc3-4)c3ccc4cccccc3-4)ccc1-2. The molecule has 6 rings (SSSR count). The molecule has 4 nitrogen and oxygen atoms in total. The Hall–Kier alpha value is -5.09. The summed E-state index contributed by atoms with van der Waals surface area (Å²) in [7, 11) is 0. The second-order valence-electron chi connectivity index (χ2n) is 9.79. The molecular weight excluding hydrogens is 508 g/mol. The van der Waals surface area contributed by atoms with Crippen molar-refractivity contribution in [1.82, 2.24) is 0 Å². The lowest BCUT2D eigenvalue weighted by Crippen LogP contribution is -2.05. The second-order valence-corrected chi connectivity index (χ2v) is 9.79. The lowest BCUT2D eigenvalue weighted by molar-refractivity contribution is 0.0525. The summed E-state index contributed by atoms with van der Waals surface area (Å²) in [5, 5.41) is 0. The van der Waals surface area contributed by atoms with E-state index in [-0.39, 0.29) is 13.2 Å². The fourth-order valence-corrected chi connectivity index (χ4v) is 5.59. The fraction of sp³-hybridized carbons (Fsp3) is 0.108. The van der Waals surface area contributed by atoms with Crippen LogP contribution in [0.2, 0.25) is 0 Å². The Morgan fingerprint density at radius 1 is 0.537 bits per heavy atom. The maximum absolute atomic E-state index is 12.9. The summed E-state index contributed by atoms with van der Waals surface area (Å²) in [6.07, 6.45) is 0. The van der Waals surface area contributed by atoms with E-state index >= 15 is 0 Å². The molecule has 0 N–H and O–H groups in total. The number of esters is 2. The summed E-state index contributed by atoms with van der Waals surface area (Å²) in [4.78, 5) is 25.8. The molecule has 0 heterocycles. The van der Waals surface area contributed by atoms with E-state index in [1.807, 2.05) is 48.5 Å². The predicted octanol–water partition coefficient (Wildman–Crippen LogP) is 8.37. The van der Waals surface area contributed by atoms with Crippen molar-refractivity contribution in [2.24, 2.45) is 0 Å².